The maximum atomic E-state index is 11.8. The van der Waals surface area contributed by atoms with Gasteiger partial charge in [0.15, 0.2) is 6.29 Å². The zero-order valence-electron chi connectivity index (χ0n) is 13.1. The first-order valence-electron chi connectivity index (χ1n) is 7.79. The summed E-state index contributed by atoms with van der Waals surface area (Å²) in [5.41, 5.74) is -1.20. The van der Waals surface area contributed by atoms with Crippen molar-refractivity contribution in [3.05, 3.63) is 33.1 Å². The Morgan fingerprint density at radius 3 is 2.60 bits per heavy atom. The maximum absolute atomic E-state index is 11.8. The van der Waals surface area contributed by atoms with Gasteiger partial charge in [-0.1, -0.05) is 0 Å². The minimum atomic E-state index is -1.34. The van der Waals surface area contributed by atoms with E-state index in [0.717, 1.165) is 4.57 Å². The van der Waals surface area contributed by atoms with Crippen molar-refractivity contribution in [2.75, 3.05) is 13.2 Å². The van der Waals surface area contributed by atoms with Gasteiger partial charge >= 0.3 is 5.69 Å². The lowest BCUT2D eigenvalue weighted by Crippen LogP contribution is -2.36. The summed E-state index contributed by atoms with van der Waals surface area (Å²) in [7, 11) is 0. The minimum absolute atomic E-state index is 0.107. The molecule has 0 spiro atoms. The SMILES string of the molecule is O=c1ccn([C@H]2C[C@H](O)[C@@H](COC3O[C@H](CO)[C@@H](O)[C@@H]3O)O2)c(=O)[nH]1. The van der Waals surface area contributed by atoms with E-state index in [2.05, 4.69) is 4.98 Å². The normalized spacial score (nSPS) is 38.3. The Kier molecular flexibility index (Phi) is 5.34. The van der Waals surface area contributed by atoms with Gasteiger partial charge in [0.25, 0.3) is 5.56 Å². The number of aliphatic hydroxyl groups excluding tert-OH is 4. The third kappa shape index (κ3) is 3.67. The molecule has 11 heteroatoms. The van der Waals surface area contributed by atoms with Crippen LogP contribution in [0.25, 0.3) is 0 Å². The maximum Gasteiger partial charge on any atom is 0.330 e. The van der Waals surface area contributed by atoms with Gasteiger partial charge < -0.3 is 34.6 Å². The Labute approximate surface area is 141 Å². The molecule has 0 aliphatic carbocycles. The van der Waals surface area contributed by atoms with Gasteiger partial charge in [-0.15, -0.1) is 0 Å². The first-order valence-corrected chi connectivity index (χ1v) is 7.79. The summed E-state index contributed by atoms with van der Waals surface area (Å²) in [5, 5.41) is 38.5. The molecule has 2 fully saturated rings. The first kappa shape index (κ1) is 18.2. The van der Waals surface area contributed by atoms with Crippen LogP contribution in [0.1, 0.15) is 12.6 Å². The minimum Gasteiger partial charge on any atom is -0.394 e. The summed E-state index contributed by atoms with van der Waals surface area (Å²) in [4.78, 5) is 25.0. The molecule has 2 aliphatic heterocycles. The van der Waals surface area contributed by atoms with E-state index < -0.39 is 60.9 Å². The second kappa shape index (κ2) is 7.33. The van der Waals surface area contributed by atoms with E-state index in [1.807, 2.05) is 0 Å². The number of aromatic amines is 1. The lowest BCUT2D eigenvalue weighted by Gasteiger charge is -2.20. The first-order chi connectivity index (χ1) is 11.9. The van der Waals surface area contributed by atoms with Gasteiger partial charge in [0, 0.05) is 18.7 Å². The molecule has 1 aromatic heterocycles. The van der Waals surface area contributed by atoms with Crippen LogP contribution in [0.5, 0.6) is 0 Å². The zero-order valence-corrected chi connectivity index (χ0v) is 13.1. The van der Waals surface area contributed by atoms with Crippen LogP contribution in [-0.4, -0.2) is 80.0 Å². The van der Waals surface area contributed by atoms with Gasteiger partial charge in [-0.3, -0.25) is 14.3 Å². The van der Waals surface area contributed by atoms with Crippen molar-refractivity contribution in [2.24, 2.45) is 0 Å². The molecule has 2 aliphatic rings. The van der Waals surface area contributed by atoms with Crippen LogP contribution >= 0.6 is 0 Å². The molecule has 0 saturated carbocycles. The molecular weight excluding hydrogens is 340 g/mol. The van der Waals surface area contributed by atoms with Crippen LogP contribution in [0, 0.1) is 0 Å². The van der Waals surface area contributed by atoms with Gasteiger partial charge in [0.05, 0.1) is 19.3 Å². The molecule has 11 nitrogen and oxygen atoms in total. The van der Waals surface area contributed by atoms with E-state index >= 15 is 0 Å². The largest absolute Gasteiger partial charge is 0.394 e. The summed E-state index contributed by atoms with van der Waals surface area (Å²) < 4.78 is 17.2. The van der Waals surface area contributed by atoms with Crippen molar-refractivity contribution in [1.82, 2.24) is 9.55 Å². The smallest absolute Gasteiger partial charge is 0.330 e. The second-order valence-electron chi connectivity index (χ2n) is 5.99. The van der Waals surface area contributed by atoms with Gasteiger partial charge in [0.2, 0.25) is 0 Å². The molecule has 3 heterocycles. The Morgan fingerprint density at radius 1 is 1.20 bits per heavy atom. The molecule has 0 amide bonds. The summed E-state index contributed by atoms with van der Waals surface area (Å²) >= 11 is 0. The van der Waals surface area contributed by atoms with Gasteiger partial charge in [-0.05, 0) is 0 Å². The van der Waals surface area contributed by atoms with Crippen molar-refractivity contribution in [3.63, 3.8) is 0 Å². The molecule has 0 aromatic carbocycles. The molecule has 7 atom stereocenters. The van der Waals surface area contributed by atoms with E-state index in [-0.39, 0.29) is 13.0 Å². The van der Waals surface area contributed by atoms with Gasteiger partial charge in [0.1, 0.15) is 30.6 Å². The number of aliphatic hydroxyl groups is 4. The number of nitrogens with zero attached hydrogens (tertiary/aromatic N) is 1. The van der Waals surface area contributed by atoms with Crippen LogP contribution < -0.4 is 11.2 Å². The van der Waals surface area contributed by atoms with Crippen molar-refractivity contribution in [1.29, 1.82) is 0 Å². The van der Waals surface area contributed by atoms with E-state index in [1.54, 1.807) is 0 Å². The molecule has 5 N–H and O–H groups in total. The number of nitrogens with one attached hydrogen (secondary N) is 1. The Morgan fingerprint density at radius 2 is 1.96 bits per heavy atom. The third-order valence-electron chi connectivity index (χ3n) is 4.29. The van der Waals surface area contributed by atoms with Crippen LogP contribution in [0.15, 0.2) is 21.9 Å². The van der Waals surface area contributed by atoms with E-state index in [1.165, 1.54) is 12.3 Å². The summed E-state index contributed by atoms with van der Waals surface area (Å²) in [6.07, 6.45) is -5.89. The number of aromatic nitrogens is 2. The quantitative estimate of drug-likeness (QED) is 0.361. The van der Waals surface area contributed by atoms with E-state index in [9.17, 15) is 24.9 Å². The summed E-state index contributed by atoms with van der Waals surface area (Å²) in [5.74, 6) is 0. The van der Waals surface area contributed by atoms with Crippen molar-refractivity contribution < 1.29 is 34.6 Å². The Bertz CT molecular complexity index is 704. The average molecular weight is 360 g/mol. The van der Waals surface area contributed by atoms with E-state index in [0.29, 0.717) is 0 Å². The van der Waals surface area contributed by atoms with Crippen LogP contribution in [0.4, 0.5) is 0 Å². The fourth-order valence-corrected chi connectivity index (χ4v) is 2.88. The monoisotopic (exact) mass is 360 g/mol. The topological polar surface area (TPSA) is 163 Å². The number of hydrogen-bond donors (Lipinski definition) is 5. The fourth-order valence-electron chi connectivity index (χ4n) is 2.88. The highest BCUT2D eigenvalue weighted by molar-refractivity contribution is 4.89. The highest BCUT2D eigenvalue weighted by Crippen LogP contribution is 2.29. The lowest BCUT2D eigenvalue weighted by molar-refractivity contribution is -0.190. The number of ether oxygens (including phenoxy) is 3. The number of rotatable bonds is 5. The van der Waals surface area contributed by atoms with Crippen molar-refractivity contribution in [2.45, 2.75) is 49.5 Å². The van der Waals surface area contributed by atoms with Crippen molar-refractivity contribution in [3.8, 4) is 0 Å². The molecule has 1 unspecified atom stereocenters. The molecule has 25 heavy (non-hydrogen) atoms. The lowest BCUT2D eigenvalue weighted by atomic mass is 10.1. The Balaban J connectivity index is 1.59. The molecule has 140 valence electrons. The summed E-state index contributed by atoms with van der Waals surface area (Å²) in [6.45, 7) is -0.639. The highest BCUT2D eigenvalue weighted by Gasteiger charge is 2.44. The predicted octanol–water partition coefficient (Wildman–Crippen LogP) is -3.36. The zero-order chi connectivity index (χ0) is 18.1. The van der Waals surface area contributed by atoms with Crippen LogP contribution in [0.3, 0.4) is 0 Å². The van der Waals surface area contributed by atoms with Crippen molar-refractivity contribution >= 4 is 0 Å². The third-order valence-corrected chi connectivity index (χ3v) is 4.29. The standard InChI is InChI=1S/C14H20N2O9/c17-4-7-11(20)12(21)13(25-7)23-5-8-6(18)3-10(24-8)16-2-1-9(19)15-14(16)22/h1-2,6-8,10-13,17-18,20-21H,3-5H2,(H,15,19,22)/t6-,7+,8+,10+,11+,12-,13?/m0/s1. The van der Waals surface area contributed by atoms with Crippen LogP contribution in [-0.2, 0) is 14.2 Å². The van der Waals surface area contributed by atoms with Crippen LogP contribution in [0.2, 0.25) is 0 Å². The second-order valence-corrected chi connectivity index (χ2v) is 5.99. The van der Waals surface area contributed by atoms with Gasteiger partial charge in [-0.25, -0.2) is 4.79 Å². The fraction of sp³-hybridized carbons (Fsp3) is 0.714. The number of hydrogen-bond acceptors (Lipinski definition) is 9. The highest BCUT2D eigenvalue weighted by atomic mass is 16.7. The Hall–Kier alpha value is -1.60. The predicted molar refractivity (Wildman–Crippen MR) is 79.6 cm³/mol. The molecule has 2 saturated heterocycles. The van der Waals surface area contributed by atoms with E-state index in [4.69, 9.17) is 19.3 Å². The molecule has 1 aromatic rings. The number of H-pyrrole nitrogens is 1. The molecule has 0 bridgehead atoms. The molecule has 0 radical (unpaired) electrons. The molecular formula is C14H20N2O9. The molecule has 3 rings (SSSR count). The van der Waals surface area contributed by atoms with Gasteiger partial charge in [-0.2, -0.15) is 0 Å². The summed E-state index contributed by atoms with van der Waals surface area (Å²) in [6, 6.07) is 1.17. The average Bonchev–Trinajstić information content (AvgIpc) is 3.06.